The normalized spacial score (nSPS) is 12.5. The minimum absolute atomic E-state index is 0.120. The van der Waals surface area contributed by atoms with Crippen molar-refractivity contribution in [2.75, 3.05) is 10.2 Å². The molecule has 1 aliphatic rings. The molecule has 5 rings (SSSR count). The molecule has 0 spiro atoms. The number of pyridine rings is 1. The Morgan fingerprint density at radius 2 is 1.88 bits per heavy atom. The van der Waals surface area contributed by atoms with Gasteiger partial charge >= 0.3 is 0 Å². The predicted molar refractivity (Wildman–Crippen MR) is 128 cm³/mol. The van der Waals surface area contributed by atoms with Gasteiger partial charge in [0.25, 0.3) is 5.91 Å². The fraction of sp³-hybridized carbons (Fsp3) is 0.115. The summed E-state index contributed by atoms with van der Waals surface area (Å²) < 4.78 is 5.34. The van der Waals surface area contributed by atoms with E-state index in [1.165, 1.54) is 0 Å². The molecule has 0 saturated heterocycles. The number of hydrogen-bond donors (Lipinski definition) is 1. The van der Waals surface area contributed by atoms with Gasteiger partial charge in [0, 0.05) is 22.3 Å². The molecule has 1 N–H and O–H groups in total. The molecule has 1 aliphatic heterocycles. The van der Waals surface area contributed by atoms with E-state index in [2.05, 4.69) is 10.3 Å². The van der Waals surface area contributed by atoms with Crippen LogP contribution < -0.4 is 10.2 Å². The van der Waals surface area contributed by atoms with E-state index in [4.69, 9.17) is 4.42 Å². The number of carbonyl (C=O) groups excluding carboxylic acids is 2. The van der Waals surface area contributed by atoms with Crippen LogP contribution in [0, 0.1) is 6.92 Å². The van der Waals surface area contributed by atoms with Crippen LogP contribution in [0.15, 0.2) is 93.5 Å². The number of nitrogens with one attached hydrogen (secondary N) is 1. The van der Waals surface area contributed by atoms with Crippen LogP contribution in [0.2, 0.25) is 0 Å². The van der Waals surface area contributed by atoms with Gasteiger partial charge < -0.3 is 14.6 Å². The predicted octanol–water partition coefficient (Wildman–Crippen LogP) is 5.48. The second-order valence-corrected chi connectivity index (χ2v) is 8.79. The summed E-state index contributed by atoms with van der Waals surface area (Å²) in [7, 11) is 0. The van der Waals surface area contributed by atoms with Crippen molar-refractivity contribution in [3.8, 4) is 0 Å². The quantitative estimate of drug-likeness (QED) is 0.441. The number of amides is 2. The zero-order valence-corrected chi connectivity index (χ0v) is 18.8. The summed E-state index contributed by atoms with van der Waals surface area (Å²) in [5, 5.41) is 3.65. The first-order valence-corrected chi connectivity index (χ1v) is 11.4. The number of aromatic nitrogens is 1. The maximum atomic E-state index is 13.5. The van der Waals surface area contributed by atoms with Crippen LogP contribution in [-0.2, 0) is 17.8 Å². The highest BCUT2D eigenvalue weighted by Gasteiger charge is 2.26. The number of fused-ring (bicyclic) bond motifs is 2. The number of furan rings is 1. The Morgan fingerprint density at radius 1 is 1.06 bits per heavy atom. The van der Waals surface area contributed by atoms with E-state index in [1.54, 1.807) is 53.4 Å². The number of anilines is 2. The molecule has 0 unspecified atom stereocenters. The molecule has 0 bridgehead atoms. The molecule has 33 heavy (non-hydrogen) atoms. The minimum Gasteiger partial charge on any atom is -0.469 e. The van der Waals surface area contributed by atoms with Gasteiger partial charge in [0.15, 0.2) is 0 Å². The summed E-state index contributed by atoms with van der Waals surface area (Å²) in [4.78, 5) is 33.2. The number of rotatable bonds is 4. The van der Waals surface area contributed by atoms with Gasteiger partial charge in [-0.15, -0.1) is 0 Å². The van der Waals surface area contributed by atoms with Crippen molar-refractivity contribution in [3.05, 3.63) is 102 Å². The maximum absolute atomic E-state index is 13.5. The van der Waals surface area contributed by atoms with Crippen molar-refractivity contribution in [3.63, 3.8) is 0 Å². The summed E-state index contributed by atoms with van der Waals surface area (Å²) in [6, 6.07) is 20.6. The van der Waals surface area contributed by atoms with E-state index in [0.29, 0.717) is 23.6 Å². The molecule has 7 heteroatoms. The van der Waals surface area contributed by atoms with Crippen molar-refractivity contribution < 1.29 is 14.0 Å². The molecule has 2 aromatic heterocycles. The Labute approximate surface area is 195 Å². The molecule has 0 radical (unpaired) electrons. The highest BCUT2D eigenvalue weighted by atomic mass is 32.2. The number of benzene rings is 2. The van der Waals surface area contributed by atoms with Crippen LogP contribution in [0.1, 0.15) is 27.2 Å². The highest BCUT2D eigenvalue weighted by molar-refractivity contribution is 7.99. The lowest BCUT2D eigenvalue weighted by Crippen LogP contribution is -2.30. The molecule has 0 atom stereocenters. The highest BCUT2D eigenvalue weighted by Crippen LogP contribution is 2.40. The maximum Gasteiger partial charge on any atom is 0.258 e. The van der Waals surface area contributed by atoms with Crippen LogP contribution >= 0.6 is 11.8 Å². The van der Waals surface area contributed by atoms with Crippen molar-refractivity contribution in [1.82, 2.24) is 4.98 Å². The van der Waals surface area contributed by atoms with Crippen molar-refractivity contribution in [2.24, 2.45) is 0 Å². The third-order valence-electron chi connectivity index (χ3n) is 5.50. The van der Waals surface area contributed by atoms with Gasteiger partial charge in [0.05, 0.1) is 24.9 Å². The Hall–Kier alpha value is -3.84. The second kappa shape index (κ2) is 8.96. The second-order valence-electron chi connectivity index (χ2n) is 7.76. The van der Waals surface area contributed by atoms with Crippen molar-refractivity contribution in [1.29, 1.82) is 0 Å². The molecule has 164 valence electrons. The van der Waals surface area contributed by atoms with Crippen molar-refractivity contribution >= 4 is 35.0 Å². The number of hydrogen-bond acceptors (Lipinski definition) is 5. The number of aryl methyl sites for hydroxylation is 1. The molecule has 0 fully saturated rings. The van der Waals surface area contributed by atoms with Crippen molar-refractivity contribution in [2.45, 2.75) is 29.8 Å². The topological polar surface area (TPSA) is 75.4 Å². The summed E-state index contributed by atoms with van der Waals surface area (Å²) in [5.74, 6) is 0.352. The summed E-state index contributed by atoms with van der Waals surface area (Å²) in [5.41, 5.74) is 3.97. The van der Waals surface area contributed by atoms with Gasteiger partial charge in [-0.2, -0.15) is 0 Å². The summed E-state index contributed by atoms with van der Waals surface area (Å²) in [6.07, 6.45) is 3.48. The van der Waals surface area contributed by atoms with Gasteiger partial charge in [-0.05, 0) is 66.6 Å². The largest absolute Gasteiger partial charge is 0.469 e. The first kappa shape index (κ1) is 21.0. The van der Waals surface area contributed by atoms with Gasteiger partial charge in [-0.25, -0.2) is 4.98 Å². The third-order valence-corrected chi connectivity index (χ3v) is 6.63. The van der Waals surface area contributed by atoms with Crippen LogP contribution in [0.25, 0.3) is 0 Å². The van der Waals surface area contributed by atoms with Crippen LogP contribution in [-0.4, -0.2) is 16.8 Å². The lowest BCUT2D eigenvalue weighted by Gasteiger charge is -2.22. The van der Waals surface area contributed by atoms with Gasteiger partial charge in [0.2, 0.25) is 5.91 Å². The van der Waals surface area contributed by atoms with Crippen LogP contribution in [0.4, 0.5) is 11.4 Å². The minimum atomic E-state index is -0.173. The average Bonchev–Trinajstić information content (AvgIpc) is 3.14. The Balaban J connectivity index is 1.36. The molecule has 2 aromatic carbocycles. The lowest BCUT2D eigenvalue weighted by atomic mass is 10.1. The number of carbonyl (C=O) groups is 2. The Bertz CT molecular complexity index is 1330. The first-order valence-electron chi connectivity index (χ1n) is 10.5. The average molecular weight is 456 g/mol. The van der Waals surface area contributed by atoms with E-state index in [1.807, 2.05) is 49.4 Å². The number of nitrogens with zero attached hydrogens (tertiary/aromatic N) is 2. The van der Waals surface area contributed by atoms with Gasteiger partial charge in [0.1, 0.15) is 10.8 Å². The zero-order valence-electron chi connectivity index (χ0n) is 17.9. The van der Waals surface area contributed by atoms with E-state index in [9.17, 15) is 9.59 Å². The third kappa shape index (κ3) is 4.40. The van der Waals surface area contributed by atoms with E-state index < -0.39 is 0 Å². The molecule has 6 nitrogen and oxygen atoms in total. The monoisotopic (exact) mass is 455 g/mol. The Morgan fingerprint density at radius 3 is 2.67 bits per heavy atom. The van der Waals surface area contributed by atoms with E-state index in [0.717, 1.165) is 26.7 Å². The van der Waals surface area contributed by atoms with Crippen LogP contribution in [0.5, 0.6) is 0 Å². The molecule has 3 heterocycles. The van der Waals surface area contributed by atoms with Crippen LogP contribution in [0.3, 0.4) is 0 Å². The molecule has 0 aliphatic carbocycles. The van der Waals surface area contributed by atoms with E-state index in [-0.39, 0.29) is 18.2 Å². The standard InChI is InChI=1S/C26H21N3O3S/c1-17-12-14-32-22(17)15-24(30)28-20-10-8-18(9-11-20)26(31)29-16-19-5-2-3-7-23(19)33-25-21(29)6-4-13-27-25/h2-14H,15-16H2,1H3,(H,28,30). The first-order chi connectivity index (χ1) is 16.1. The smallest absolute Gasteiger partial charge is 0.258 e. The summed E-state index contributed by atoms with van der Waals surface area (Å²) >= 11 is 1.57. The molecular weight excluding hydrogens is 434 g/mol. The fourth-order valence-electron chi connectivity index (χ4n) is 3.73. The zero-order chi connectivity index (χ0) is 22.8. The molecular formula is C26H21N3O3S. The fourth-order valence-corrected chi connectivity index (χ4v) is 4.74. The summed E-state index contributed by atoms with van der Waals surface area (Å²) in [6.45, 7) is 2.36. The SMILES string of the molecule is Cc1ccoc1CC(=O)Nc1ccc(C(=O)N2Cc3ccccc3Sc3ncccc32)cc1. The molecule has 4 aromatic rings. The molecule has 2 amide bonds. The Kier molecular flexibility index (Phi) is 5.71. The lowest BCUT2D eigenvalue weighted by molar-refractivity contribution is -0.115. The van der Waals surface area contributed by atoms with Gasteiger partial charge in [-0.3, -0.25) is 9.59 Å². The van der Waals surface area contributed by atoms with Gasteiger partial charge in [-0.1, -0.05) is 30.0 Å². The van der Waals surface area contributed by atoms with E-state index >= 15 is 0 Å². The molecule has 0 saturated carbocycles.